The molecule has 0 heterocycles. The van der Waals surface area contributed by atoms with Crippen molar-refractivity contribution >= 4 is 77.2 Å². The van der Waals surface area contributed by atoms with E-state index in [2.05, 4.69) is 330 Å². The molecule has 0 aliphatic heterocycles. The van der Waals surface area contributed by atoms with E-state index in [1.807, 2.05) is 0 Å². The molecule has 0 bridgehead atoms. The molecule has 0 fully saturated rings. The first-order valence-corrected chi connectivity index (χ1v) is 30.8. The Morgan fingerprint density at radius 2 is 0.598 bits per heavy atom. The molecule has 0 saturated heterocycles. The van der Waals surface area contributed by atoms with Crippen LogP contribution in [0.15, 0.2) is 279 Å². The molecule has 3 aliphatic carbocycles. The van der Waals surface area contributed by atoms with Gasteiger partial charge in [0.25, 0.3) is 0 Å². The molecule has 0 spiro atoms. The Kier molecular flexibility index (Phi) is 11.1. The Balaban J connectivity index is 0.969. The summed E-state index contributed by atoms with van der Waals surface area (Å²) in [4.78, 5) is 4.89. The summed E-state index contributed by atoms with van der Waals surface area (Å²) in [6.45, 7) is 14.5. The van der Waals surface area contributed by atoms with Crippen LogP contribution in [0.1, 0.15) is 74.9 Å². The van der Waals surface area contributed by atoms with Gasteiger partial charge in [0.05, 0.1) is 0 Å². The van der Waals surface area contributed by atoms with Gasteiger partial charge in [0, 0.05) is 50.4 Å². The highest BCUT2D eigenvalue weighted by Crippen LogP contribution is 2.57. The lowest BCUT2D eigenvalue weighted by Gasteiger charge is -2.29. The number of fused-ring (bicyclic) bond motifs is 15. The van der Waals surface area contributed by atoms with Crippen LogP contribution in [-0.4, -0.2) is 0 Å². The second kappa shape index (κ2) is 18.9. The van der Waals surface area contributed by atoms with Crippen molar-refractivity contribution in [1.82, 2.24) is 0 Å². The molecular formula is C85H64N2. The van der Waals surface area contributed by atoms with Crippen LogP contribution in [0.2, 0.25) is 0 Å². The quantitative estimate of drug-likeness (QED) is 0.140. The van der Waals surface area contributed by atoms with Gasteiger partial charge in [-0.2, -0.15) is 0 Å². The summed E-state index contributed by atoms with van der Waals surface area (Å²) >= 11 is 0. The van der Waals surface area contributed by atoms with Crippen LogP contribution in [0.5, 0.6) is 0 Å². The van der Waals surface area contributed by atoms with Crippen molar-refractivity contribution in [1.29, 1.82) is 0 Å². The number of rotatable bonds is 8. The lowest BCUT2D eigenvalue weighted by molar-refractivity contribution is 0.660. The number of nitrogens with zero attached hydrogens (tertiary/aromatic N) is 2. The van der Waals surface area contributed by atoms with Crippen molar-refractivity contribution in [3.05, 3.63) is 312 Å². The molecule has 3 aliphatic rings. The van der Waals surface area contributed by atoms with E-state index in [1.54, 1.807) is 0 Å². The van der Waals surface area contributed by atoms with Crippen molar-refractivity contribution in [2.75, 3.05) is 9.80 Å². The van der Waals surface area contributed by atoms with Gasteiger partial charge in [-0.25, -0.2) is 0 Å². The SMILES string of the molecule is CC1(C)c2ccccc2-c2cc(N(c3ccccc3)c3ccc4c(-c5ccc6c(c5)C(C)(C)c5c-6ccc6ccccc56)c5cc(N(c6ccccc6)c6ccccc6)ccc5c(-c5ccc6c(c5)C(C)(C)c5c-6ccc6ccccc56)c4c3)ccc21. The molecule has 2 heteroatoms. The summed E-state index contributed by atoms with van der Waals surface area (Å²) in [7, 11) is 0. The summed E-state index contributed by atoms with van der Waals surface area (Å²) in [5.41, 5.74) is 27.0. The molecule has 0 aromatic heterocycles. The van der Waals surface area contributed by atoms with E-state index in [9.17, 15) is 0 Å². The predicted molar refractivity (Wildman–Crippen MR) is 369 cm³/mol. The maximum absolute atomic E-state index is 2.55. The maximum atomic E-state index is 2.55. The summed E-state index contributed by atoms with van der Waals surface area (Å²) < 4.78 is 0. The van der Waals surface area contributed by atoms with E-state index in [4.69, 9.17) is 0 Å². The van der Waals surface area contributed by atoms with Crippen LogP contribution >= 0.6 is 0 Å². The Morgan fingerprint density at radius 1 is 0.218 bits per heavy atom. The molecular weight excluding hydrogens is 1050 g/mol. The fourth-order valence-electron chi connectivity index (χ4n) is 16.1. The van der Waals surface area contributed by atoms with Gasteiger partial charge in [-0.1, -0.05) is 236 Å². The third-order valence-corrected chi connectivity index (χ3v) is 20.1. The first kappa shape index (κ1) is 51.2. The van der Waals surface area contributed by atoms with Crippen LogP contribution in [0.4, 0.5) is 34.1 Å². The van der Waals surface area contributed by atoms with E-state index in [0.717, 1.165) is 34.1 Å². The van der Waals surface area contributed by atoms with Gasteiger partial charge in [-0.05, 0) is 217 Å². The van der Waals surface area contributed by atoms with Gasteiger partial charge in [0.15, 0.2) is 0 Å². The maximum Gasteiger partial charge on any atom is 0.0468 e. The molecule has 14 aromatic carbocycles. The minimum Gasteiger partial charge on any atom is -0.310 e. The van der Waals surface area contributed by atoms with Crippen LogP contribution in [-0.2, 0) is 16.2 Å². The molecule has 14 aromatic rings. The Bertz CT molecular complexity index is 5140. The van der Waals surface area contributed by atoms with E-state index in [0.29, 0.717) is 0 Å². The number of benzene rings is 14. The second-order valence-electron chi connectivity index (χ2n) is 26.0. The van der Waals surface area contributed by atoms with E-state index in [1.165, 1.54) is 132 Å². The van der Waals surface area contributed by atoms with Crippen molar-refractivity contribution in [2.45, 2.75) is 57.8 Å². The molecule has 0 radical (unpaired) electrons. The molecule has 17 rings (SSSR count). The van der Waals surface area contributed by atoms with Gasteiger partial charge < -0.3 is 9.80 Å². The fraction of sp³-hybridized carbons (Fsp3) is 0.106. The Labute approximate surface area is 509 Å². The molecule has 0 atom stereocenters. The molecule has 414 valence electrons. The molecule has 0 amide bonds. The molecule has 87 heavy (non-hydrogen) atoms. The van der Waals surface area contributed by atoms with E-state index < -0.39 is 0 Å². The zero-order chi connectivity index (χ0) is 58.5. The highest BCUT2D eigenvalue weighted by atomic mass is 15.1. The first-order valence-electron chi connectivity index (χ1n) is 30.8. The number of hydrogen-bond acceptors (Lipinski definition) is 2. The van der Waals surface area contributed by atoms with Crippen LogP contribution in [0, 0.1) is 0 Å². The minimum atomic E-state index is -0.262. The average Bonchev–Trinajstić information content (AvgIpc) is 1.79. The lowest BCUT2D eigenvalue weighted by Crippen LogP contribution is -2.15. The van der Waals surface area contributed by atoms with Gasteiger partial charge in [-0.15, -0.1) is 0 Å². The highest BCUT2D eigenvalue weighted by molar-refractivity contribution is 6.23. The van der Waals surface area contributed by atoms with Crippen LogP contribution in [0.25, 0.3) is 98.7 Å². The standard InChI is InChI=1S/C85H64N2/c1-83(2)75-33-21-20-32-65(75)72-50-62(40-47-76(72)83)87(59-28-14-9-15-29-59)61-39-46-69-74(52-61)80(56-37-42-67-71-44-35-54-23-17-19-31-64(54)82(71)85(5,6)78(67)49-56)68-45-38-60(86(57-24-10-7-11-25-57)58-26-12-8-13-27-58)51-73(68)79(69)55-36-41-66-70-43-34-53-22-16-18-30-63(53)81(70)84(3,4)77(66)48-55/h7-52H,1-6H3. The fourth-order valence-corrected chi connectivity index (χ4v) is 16.1. The summed E-state index contributed by atoms with van der Waals surface area (Å²) in [5.74, 6) is 0. The number of para-hydroxylation sites is 3. The normalized spacial score (nSPS) is 14.4. The van der Waals surface area contributed by atoms with E-state index in [-0.39, 0.29) is 16.2 Å². The first-order chi connectivity index (χ1) is 42.4. The van der Waals surface area contributed by atoms with Crippen molar-refractivity contribution < 1.29 is 0 Å². The van der Waals surface area contributed by atoms with Gasteiger partial charge in [0.2, 0.25) is 0 Å². The molecule has 0 saturated carbocycles. The largest absolute Gasteiger partial charge is 0.310 e. The summed E-state index contributed by atoms with van der Waals surface area (Å²) in [6.07, 6.45) is 0. The van der Waals surface area contributed by atoms with Gasteiger partial charge in [-0.3, -0.25) is 0 Å². The lowest BCUT2D eigenvalue weighted by atomic mass is 9.78. The highest BCUT2D eigenvalue weighted by Gasteiger charge is 2.40. The van der Waals surface area contributed by atoms with Crippen LogP contribution in [0.3, 0.4) is 0 Å². The molecule has 0 N–H and O–H groups in total. The minimum absolute atomic E-state index is 0.112. The Morgan fingerprint density at radius 3 is 1.09 bits per heavy atom. The predicted octanol–water partition coefficient (Wildman–Crippen LogP) is 23.5. The van der Waals surface area contributed by atoms with Crippen molar-refractivity contribution in [3.63, 3.8) is 0 Å². The van der Waals surface area contributed by atoms with Crippen LogP contribution < -0.4 is 9.80 Å². The second-order valence-corrected chi connectivity index (χ2v) is 26.0. The third kappa shape index (κ3) is 7.53. The summed E-state index contributed by atoms with van der Waals surface area (Å²) in [6, 6.07) is 105. The summed E-state index contributed by atoms with van der Waals surface area (Å²) in [5, 5.41) is 10.0. The van der Waals surface area contributed by atoms with Gasteiger partial charge >= 0.3 is 0 Å². The topological polar surface area (TPSA) is 6.48 Å². The Hall–Kier alpha value is -10.3. The third-order valence-electron chi connectivity index (χ3n) is 20.1. The average molecular weight is 1110 g/mol. The van der Waals surface area contributed by atoms with Gasteiger partial charge in [0.1, 0.15) is 0 Å². The number of anilines is 6. The molecule has 2 nitrogen and oxygen atoms in total. The zero-order valence-corrected chi connectivity index (χ0v) is 50.0. The smallest absolute Gasteiger partial charge is 0.0468 e. The number of hydrogen-bond donors (Lipinski definition) is 0. The van der Waals surface area contributed by atoms with E-state index >= 15 is 0 Å². The van der Waals surface area contributed by atoms with Crippen molar-refractivity contribution in [2.24, 2.45) is 0 Å². The monoisotopic (exact) mass is 1110 g/mol. The van der Waals surface area contributed by atoms with Crippen molar-refractivity contribution in [3.8, 4) is 55.6 Å². The molecule has 0 unspecified atom stereocenters. The zero-order valence-electron chi connectivity index (χ0n) is 50.0.